The summed E-state index contributed by atoms with van der Waals surface area (Å²) in [6.07, 6.45) is 5.36. The second-order valence-electron chi connectivity index (χ2n) is 21.0. The molecule has 374 valence electrons. The van der Waals surface area contributed by atoms with E-state index >= 15 is 0 Å². The third kappa shape index (κ3) is 8.20. The van der Waals surface area contributed by atoms with Gasteiger partial charge in [-0.3, -0.25) is 4.57 Å². The number of rotatable bonds is 6. The van der Waals surface area contributed by atoms with Crippen LogP contribution in [0.25, 0.3) is 106 Å². The molecule has 9 aromatic carbocycles. The maximum absolute atomic E-state index is 9.94. The third-order valence-corrected chi connectivity index (χ3v) is 14.2. The Morgan fingerprint density at radius 1 is 0.553 bits per heavy atom. The van der Waals surface area contributed by atoms with Gasteiger partial charge < -0.3 is 13.9 Å². The standard InChI is InChI=1S/C70H56N4O.Pt/c1-44-18-15-19-45(2)66(44)60-28-17-27-59-55-24-11-9-22-53(55)54-23-10-12-25-56(54)61-38-47(46-30-32-48(33-31-46)69(3,4)5)39-64-68(61)73(67(59)60)43-72(64)50-20-16-21-51(41-50)75-52-34-35-58-57-26-13-14-29-62(57)74(63(58)42-52)65-40-49(36-37-71-65)70(6,7)8;/h9-40H,1-8H3;/q-2;/i1D3,2D3,9D,10D,11D,12D,22D,23D,24D,25D;. The molecule has 6 heteroatoms. The smallest absolute Gasteiger partial charge is 0.268 e. The van der Waals surface area contributed by atoms with Crippen LogP contribution in [-0.2, 0) is 31.9 Å². The summed E-state index contributed by atoms with van der Waals surface area (Å²) in [6.45, 7) is 6.95. The topological polar surface area (TPSA) is 35.9 Å². The van der Waals surface area contributed by atoms with Crippen molar-refractivity contribution in [1.29, 1.82) is 0 Å². The minimum atomic E-state index is -2.90. The second-order valence-corrected chi connectivity index (χ2v) is 21.0. The summed E-state index contributed by atoms with van der Waals surface area (Å²) in [5.74, 6) is 1.32. The molecule has 0 atom stereocenters. The Balaban J connectivity index is 0.00000785. The van der Waals surface area contributed by atoms with Crippen molar-refractivity contribution < 1.29 is 49.6 Å². The molecule has 0 N–H and O–H groups in total. The average molecular weight is 1180 g/mol. The van der Waals surface area contributed by atoms with Crippen molar-refractivity contribution in [3.05, 3.63) is 235 Å². The molecule has 76 heavy (non-hydrogen) atoms. The van der Waals surface area contributed by atoms with E-state index in [9.17, 15) is 9.60 Å². The first-order valence-electron chi connectivity index (χ1n) is 31.8. The van der Waals surface area contributed by atoms with E-state index in [1.165, 1.54) is 18.2 Å². The van der Waals surface area contributed by atoms with E-state index in [-0.39, 0.29) is 104 Å². The maximum atomic E-state index is 9.94. The molecule has 0 aliphatic carbocycles. The third-order valence-electron chi connectivity index (χ3n) is 14.2. The first-order chi connectivity index (χ1) is 42.0. The molecule has 3 aromatic heterocycles. The van der Waals surface area contributed by atoms with Crippen LogP contribution < -0.4 is 9.30 Å². The zero-order chi connectivity index (χ0) is 63.3. The zero-order valence-corrected chi connectivity index (χ0v) is 44.6. The molecule has 0 amide bonds. The van der Waals surface area contributed by atoms with Crippen molar-refractivity contribution in [1.82, 2.24) is 14.1 Å². The van der Waals surface area contributed by atoms with E-state index < -0.39 is 62.0 Å². The molecule has 5 nitrogen and oxygen atoms in total. The predicted octanol–water partition coefficient (Wildman–Crippen LogP) is 17.4. The number of benzene rings is 9. The number of hydrogen-bond acceptors (Lipinski definition) is 2. The Labute approximate surface area is 479 Å². The molecule has 0 saturated heterocycles. The summed E-state index contributed by atoms with van der Waals surface area (Å²) in [5, 5.41) is 1.92. The van der Waals surface area contributed by atoms with Gasteiger partial charge in [0.2, 0.25) is 0 Å². The molecular formula is C70H56N4OPt-2. The number of ether oxygens (including phenoxy) is 1. The number of para-hydroxylation sites is 2. The van der Waals surface area contributed by atoms with Crippen molar-refractivity contribution >= 4 is 32.8 Å². The Hall–Kier alpha value is -8.11. The van der Waals surface area contributed by atoms with E-state index in [1.54, 1.807) is 51.6 Å². The van der Waals surface area contributed by atoms with Crippen LogP contribution in [0.3, 0.4) is 0 Å². The molecule has 0 bridgehead atoms. The number of fused-ring (bicyclic) bond motifs is 10. The normalized spacial score (nSPS) is 15.1. The van der Waals surface area contributed by atoms with Crippen LogP contribution in [0.1, 0.15) is 83.0 Å². The van der Waals surface area contributed by atoms with Gasteiger partial charge in [0.1, 0.15) is 5.82 Å². The van der Waals surface area contributed by atoms with E-state index in [4.69, 9.17) is 19.3 Å². The van der Waals surface area contributed by atoms with E-state index in [1.807, 2.05) is 72.9 Å². The van der Waals surface area contributed by atoms with Gasteiger partial charge in [0.25, 0.3) is 6.33 Å². The fraction of sp³-hybridized carbons (Fsp3) is 0.143. The minimum absolute atomic E-state index is 0. The number of aryl methyl sites for hydroxylation is 2. The first kappa shape index (κ1) is 35.2. The predicted molar refractivity (Wildman–Crippen MR) is 308 cm³/mol. The van der Waals surface area contributed by atoms with Gasteiger partial charge in [0, 0.05) is 52.5 Å². The van der Waals surface area contributed by atoms with E-state index in [0.29, 0.717) is 33.9 Å². The molecule has 0 saturated carbocycles. The summed E-state index contributed by atoms with van der Waals surface area (Å²) >= 11 is 0. The van der Waals surface area contributed by atoms with Crippen molar-refractivity contribution in [2.24, 2.45) is 0 Å². The monoisotopic (exact) mass is 1180 g/mol. The molecule has 12 aromatic rings. The summed E-state index contributed by atoms with van der Waals surface area (Å²) in [7, 11) is 0. The summed E-state index contributed by atoms with van der Waals surface area (Å²) in [6, 6.07) is 43.7. The number of pyridine rings is 1. The number of aromatic nitrogens is 4. The van der Waals surface area contributed by atoms with Crippen molar-refractivity contribution in [3.8, 4) is 84.3 Å². The van der Waals surface area contributed by atoms with Gasteiger partial charge in [-0.2, -0.15) is 18.2 Å². The fourth-order valence-corrected chi connectivity index (χ4v) is 10.5. The fourth-order valence-electron chi connectivity index (χ4n) is 10.5. The number of hydrogen-bond donors (Lipinski definition) is 0. The van der Waals surface area contributed by atoms with Gasteiger partial charge >= 0.3 is 0 Å². The Kier molecular flexibility index (Phi) is 8.62. The largest absolute Gasteiger partial charge is 0.510 e. The van der Waals surface area contributed by atoms with E-state index in [2.05, 4.69) is 76.7 Å². The molecular weight excluding hydrogens is 1110 g/mol. The van der Waals surface area contributed by atoms with Crippen LogP contribution in [0.4, 0.5) is 0 Å². The minimum Gasteiger partial charge on any atom is -0.510 e. The maximum Gasteiger partial charge on any atom is 0.268 e. The molecule has 0 fully saturated rings. The second kappa shape index (κ2) is 18.6. The van der Waals surface area contributed by atoms with Gasteiger partial charge in [-0.15, -0.1) is 29.7 Å². The van der Waals surface area contributed by atoms with Crippen molar-refractivity contribution in [2.75, 3.05) is 0 Å². The SMILES string of the molecule is [2H]c1c([2H])c([2H])c2c(c1[2H])-c1cccc(-c3c(C([2H])([2H])[2H])cccc3C([2H])([2H])[2H])c1-[n+]1[c-]n(-c3[c-]c(Oc4[c-]c5c(cc4)c4ccccc4n5-c4cc(C(C)(C)C)ccn4)ccc3)c3cc(-c4ccc(C(C)(C)C)cc4)cc(c31)-c1c([2H])c([2H])c([2H])c([2H])c1-2.[Pt]. The quantitative estimate of drug-likeness (QED) is 0.123. The Bertz CT molecular complexity index is 4940. The van der Waals surface area contributed by atoms with Crippen LogP contribution in [0.2, 0.25) is 0 Å². The summed E-state index contributed by atoms with van der Waals surface area (Å²) in [4.78, 5) is 4.84. The molecule has 1 aliphatic heterocycles. The van der Waals surface area contributed by atoms with Gasteiger partial charge in [-0.1, -0.05) is 180 Å². The van der Waals surface area contributed by atoms with Crippen LogP contribution in [0.15, 0.2) is 194 Å². The molecule has 1 aliphatic rings. The van der Waals surface area contributed by atoms with Gasteiger partial charge in [-0.25, -0.2) is 4.98 Å². The average Bonchev–Trinajstić information content (AvgIpc) is 1.47. The van der Waals surface area contributed by atoms with Gasteiger partial charge in [0.05, 0.1) is 27.7 Å². The van der Waals surface area contributed by atoms with E-state index in [0.717, 1.165) is 32.9 Å². The Morgan fingerprint density at radius 3 is 1.91 bits per heavy atom. The van der Waals surface area contributed by atoms with Crippen LogP contribution in [-0.4, -0.2) is 14.1 Å². The zero-order valence-electron chi connectivity index (χ0n) is 56.4. The molecule has 0 spiro atoms. The van der Waals surface area contributed by atoms with Crippen LogP contribution >= 0.6 is 0 Å². The molecule has 4 heterocycles. The van der Waals surface area contributed by atoms with Gasteiger partial charge in [-0.05, 0) is 138 Å². The van der Waals surface area contributed by atoms with Crippen LogP contribution in [0.5, 0.6) is 11.5 Å². The van der Waals surface area contributed by atoms with Crippen molar-refractivity contribution in [2.45, 2.75) is 66.1 Å². The van der Waals surface area contributed by atoms with Gasteiger partial charge in [0.15, 0.2) is 0 Å². The van der Waals surface area contributed by atoms with Crippen molar-refractivity contribution in [3.63, 3.8) is 0 Å². The number of imidazole rings is 1. The molecule has 13 rings (SSSR count). The molecule has 0 unspecified atom stereocenters. The summed E-state index contributed by atoms with van der Waals surface area (Å²) in [5.41, 5.74) is 4.29. The van der Waals surface area contributed by atoms with Crippen LogP contribution in [0, 0.1) is 32.2 Å². The summed E-state index contributed by atoms with van der Waals surface area (Å²) < 4.78 is 142. The Morgan fingerprint density at radius 2 is 1.20 bits per heavy atom. The molecule has 0 radical (unpaired) electrons. The first-order valence-corrected chi connectivity index (χ1v) is 24.8. The number of nitrogens with zero attached hydrogens (tertiary/aromatic N) is 4.